The highest BCUT2D eigenvalue weighted by Gasteiger charge is 2.07. The Hall–Kier alpha value is -1.88. The first kappa shape index (κ1) is 12.6. The minimum atomic E-state index is 0.597. The molecule has 0 spiro atoms. The average molecular weight is 247 g/mol. The zero-order chi connectivity index (χ0) is 13.0. The van der Waals surface area contributed by atoms with Crippen LogP contribution in [0, 0.1) is 6.92 Å². The summed E-state index contributed by atoms with van der Waals surface area (Å²) in [6.45, 7) is 3.26. The van der Waals surface area contributed by atoms with Gasteiger partial charge in [-0.3, -0.25) is 4.90 Å². The highest BCUT2D eigenvalue weighted by atomic mass is 16.5. The molecule has 0 fully saturated rings. The van der Waals surface area contributed by atoms with Crippen LogP contribution in [0.4, 0.5) is 0 Å². The van der Waals surface area contributed by atoms with E-state index in [0.29, 0.717) is 18.3 Å². The summed E-state index contributed by atoms with van der Waals surface area (Å²) in [7, 11) is 3.69. The van der Waals surface area contributed by atoms with Gasteiger partial charge in [0.25, 0.3) is 0 Å². The molecule has 0 radical (unpaired) electrons. The Bertz CT molecular complexity index is 510. The second kappa shape index (κ2) is 5.64. The second-order valence-corrected chi connectivity index (χ2v) is 4.25. The molecule has 5 heteroatoms. The van der Waals surface area contributed by atoms with Crippen LogP contribution in [0.2, 0.25) is 0 Å². The number of hydrogen-bond acceptors (Lipinski definition) is 5. The third kappa shape index (κ3) is 3.30. The van der Waals surface area contributed by atoms with E-state index in [9.17, 15) is 0 Å². The Morgan fingerprint density at radius 2 is 2.17 bits per heavy atom. The van der Waals surface area contributed by atoms with E-state index in [1.165, 1.54) is 5.56 Å². The largest absolute Gasteiger partial charge is 0.497 e. The van der Waals surface area contributed by atoms with Crippen LogP contribution in [0.3, 0.4) is 0 Å². The van der Waals surface area contributed by atoms with Crippen molar-refractivity contribution in [2.75, 3.05) is 14.2 Å². The van der Waals surface area contributed by atoms with Gasteiger partial charge in [0, 0.05) is 13.5 Å². The van der Waals surface area contributed by atoms with Crippen LogP contribution < -0.4 is 4.74 Å². The Balaban J connectivity index is 1.96. The number of ether oxygens (including phenoxy) is 1. The zero-order valence-electron chi connectivity index (χ0n) is 10.9. The minimum absolute atomic E-state index is 0.597. The summed E-state index contributed by atoms with van der Waals surface area (Å²) in [5.41, 5.74) is 1.19. The molecule has 0 aliphatic rings. The molecule has 0 saturated heterocycles. The van der Waals surface area contributed by atoms with Crippen LogP contribution in [0.5, 0.6) is 5.75 Å². The van der Waals surface area contributed by atoms with Gasteiger partial charge < -0.3 is 9.26 Å². The van der Waals surface area contributed by atoms with Crippen molar-refractivity contribution in [2.24, 2.45) is 0 Å². The Labute approximate surface area is 106 Å². The van der Waals surface area contributed by atoms with Gasteiger partial charge in [-0.25, -0.2) is 0 Å². The highest BCUT2D eigenvalue weighted by molar-refractivity contribution is 5.28. The monoisotopic (exact) mass is 247 g/mol. The molecule has 0 amide bonds. The number of aromatic nitrogens is 2. The Kier molecular flexibility index (Phi) is 3.94. The van der Waals surface area contributed by atoms with E-state index in [1.807, 2.05) is 25.2 Å². The van der Waals surface area contributed by atoms with Crippen LogP contribution in [-0.2, 0) is 13.1 Å². The predicted molar refractivity (Wildman–Crippen MR) is 67.2 cm³/mol. The lowest BCUT2D eigenvalue weighted by atomic mass is 10.2. The number of rotatable bonds is 5. The van der Waals surface area contributed by atoms with Crippen molar-refractivity contribution in [1.29, 1.82) is 0 Å². The van der Waals surface area contributed by atoms with Crippen molar-refractivity contribution in [2.45, 2.75) is 20.0 Å². The SMILES string of the molecule is COc1cccc(CN(C)Cc2noc(C)n2)c1. The van der Waals surface area contributed by atoms with Crippen LogP contribution in [0.15, 0.2) is 28.8 Å². The van der Waals surface area contributed by atoms with Crippen molar-refractivity contribution in [3.05, 3.63) is 41.5 Å². The van der Waals surface area contributed by atoms with E-state index < -0.39 is 0 Å². The maximum atomic E-state index is 5.20. The number of methoxy groups -OCH3 is 1. The number of benzene rings is 1. The quantitative estimate of drug-likeness (QED) is 0.809. The van der Waals surface area contributed by atoms with E-state index in [1.54, 1.807) is 14.0 Å². The second-order valence-electron chi connectivity index (χ2n) is 4.25. The van der Waals surface area contributed by atoms with Gasteiger partial charge >= 0.3 is 0 Å². The number of hydrogen-bond donors (Lipinski definition) is 0. The normalized spacial score (nSPS) is 10.9. The van der Waals surface area contributed by atoms with Crippen molar-refractivity contribution in [3.63, 3.8) is 0 Å². The van der Waals surface area contributed by atoms with Crippen molar-refractivity contribution >= 4 is 0 Å². The van der Waals surface area contributed by atoms with Crippen LogP contribution in [-0.4, -0.2) is 29.2 Å². The highest BCUT2D eigenvalue weighted by Crippen LogP contribution is 2.14. The molecular weight excluding hydrogens is 230 g/mol. The molecule has 0 unspecified atom stereocenters. The first-order chi connectivity index (χ1) is 8.67. The fourth-order valence-electron chi connectivity index (χ4n) is 1.79. The van der Waals surface area contributed by atoms with Crippen LogP contribution >= 0.6 is 0 Å². The summed E-state index contributed by atoms with van der Waals surface area (Å²) in [4.78, 5) is 6.31. The third-order valence-electron chi connectivity index (χ3n) is 2.57. The lowest BCUT2D eigenvalue weighted by molar-refractivity contribution is 0.300. The molecule has 1 aromatic carbocycles. The van der Waals surface area contributed by atoms with Crippen molar-refractivity contribution < 1.29 is 9.26 Å². The molecule has 96 valence electrons. The zero-order valence-corrected chi connectivity index (χ0v) is 10.9. The first-order valence-electron chi connectivity index (χ1n) is 5.78. The van der Waals surface area contributed by atoms with Gasteiger partial charge in [-0.05, 0) is 24.7 Å². The molecule has 0 bridgehead atoms. The topological polar surface area (TPSA) is 51.4 Å². The predicted octanol–water partition coefficient (Wildman–Crippen LogP) is 2.02. The fraction of sp³-hybridized carbons (Fsp3) is 0.385. The van der Waals surface area contributed by atoms with E-state index in [4.69, 9.17) is 9.26 Å². The Morgan fingerprint density at radius 1 is 1.33 bits per heavy atom. The molecule has 1 heterocycles. The molecule has 18 heavy (non-hydrogen) atoms. The lowest BCUT2D eigenvalue weighted by Gasteiger charge is -2.14. The summed E-state index contributed by atoms with van der Waals surface area (Å²) in [6, 6.07) is 8.02. The summed E-state index contributed by atoms with van der Waals surface area (Å²) in [5.74, 6) is 2.17. The van der Waals surface area contributed by atoms with E-state index in [2.05, 4.69) is 21.1 Å². The van der Waals surface area contributed by atoms with Crippen molar-refractivity contribution in [3.8, 4) is 5.75 Å². The average Bonchev–Trinajstić information content (AvgIpc) is 2.74. The van der Waals surface area contributed by atoms with E-state index >= 15 is 0 Å². The maximum absolute atomic E-state index is 5.20. The number of aryl methyl sites for hydroxylation is 1. The molecule has 5 nitrogen and oxygen atoms in total. The molecule has 2 aromatic rings. The minimum Gasteiger partial charge on any atom is -0.497 e. The molecule has 0 aliphatic carbocycles. The molecule has 1 aromatic heterocycles. The summed E-state index contributed by atoms with van der Waals surface area (Å²) in [5, 5.41) is 3.88. The van der Waals surface area contributed by atoms with E-state index in [0.717, 1.165) is 12.3 Å². The molecule has 2 rings (SSSR count). The third-order valence-corrected chi connectivity index (χ3v) is 2.57. The van der Waals surface area contributed by atoms with Gasteiger partial charge in [-0.2, -0.15) is 4.98 Å². The molecular formula is C13H17N3O2. The van der Waals surface area contributed by atoms with Gasteiger partial charge in [0.05, 0.1) is 13.7 Å². The molecule has 0 N–H and O–H groups in total. The van der Waals surface area contributed by atoms with Gasteiger partial charge in [0.15, 0.2) is 5.82 Å². The first-order valence-corrected chi connectivity index (χ1v) is 5.78. The van der Waals surface area contributed by atoms with Crippen LogP contribution in [0.1, 0.15) is 17.3 Å². The summed E-state index contributed by atoms with van der Waals surface area (Å²) < 4.78 is 10.1. The molecule has 0 saturated carbocycles. The standard InChI is InChI=1S/C13H17N3O2/c1-10-14-13(15-18-10)9-16(2)8-11-5-4-6-12(7-11)17-3/h4-7H,8-9H2,1-3H3. The van der Waals surface area contributed by atoms with E-state index in [-0.39, 0.29) is 0 Å². The van der Waals surface area contributed by atoms with Gasteiger partial charge in [-0.15, -0.1) is 0 Å². The summed E-state index contributed by atoms with van der Waals surface area (Å²) in [6.07, 6.45) is 0. The number of nitrogens with zero attached hydrogens (tertiary/aromatic N) is 3. The van der Waals surface area contributed by atoms with Gasteiger partial charge in [-0.1, -0.05) is 17.3 Å². The van der Waals surface area contributed by atoms with Crippen molar-refractivity contribution in [1.82, 2.24) is 15.0 Å². The van der Waals surface area contributed by atoms with Crippen LogP contribution in [0.25, 0.3) is 0 Å². The smallest absolute Gasteiger partial charge is 0.223 e. The maximum Gasteiger partial charge on any atom is 0.223 e. The molecule has 0 atom stereocenters. The van der Waals surface area contributed by atoms with Gasteiger partial charge in [0.1, 0.15) is 5.75 Å². The lowest BCUT2D eigenvalue weighted by Crippen LogP contribution is -2.18. The van der Waals surface area contributed by atoms with Gasteiger partial charge in [0.2, 0.25) is 5.89 Å². The molecule has 0 aliphatic heterocycles. The summed E-state index contributed by atoms with van der Waals surface area (Å²) >= 11 is 0. The fourth-order valence-corrected chi connectivity index (χ4v) is 1.79. The Morgan fingerprint density at radius 3 is 2.83 bits per heavy atom.